The van der Waals surface area contributed by atoms with E-state index in [0.29, 0.717) is 11.3 Å². The van der Waals surface area contributed by atoms with E-state index in [2.05, 4.69) is 5.92 Å². The number of benzene rings is 1. The number of nitro benzene ring substituents is 1. The second-order valence-electron chi connectivity index (χ2n) is 3.68. The average molecular weight is 248 g/mol. The van der Waals surface area contributed by atoms with Crippen LogP contribution in [0.4, 0.5) is 11.4 Å². The van der Waals surface area contributed by atoms with E-state index in [0.717, 1.165) is 0 Å². The summed E-state index contributed by atoms with van der Waals surface area (Å²) in [4.78, 5) is 22.4. The quantitative estimate of drug-likeness (QED) is 0.484. The minimum absolute atomic E-state index is 0.0556. The highest BCUT2D eigenvalue weighted by atomic mass is 16.6. The number of rotatable bonds is 5. The molecule has 0 aliphatic rings. The smallest absolute Gasteiger partial charge is 0.323 e. The third-order valence-electron chi connectivity index (χ3n) is 2.36. The SMILES string of the molecule is C#CCN(CC(=O)O)c1ccc(C)c([N+](=O)[O-])c1. The summed E-state index contributed by atoms with van der Waals surface area (Å²) >= 11 is 0. The largest absolute Gasteiger partial charge is 0.480 e. The van der Waals surface area contributed by atoms with Crippen LogP contribution in [0.3, 0.4) is 0 Å². The Hall–Kier alpha value is -2.55. The number of hydrogen-bond acceptors (Lipinski definition) is 4. The molecule has 0 atom stereocenters. The first-order valence-electron chi connectivity index (χ1n) is 5.11. The van der Waals surface area contributed by atoms with E-state index in [1.54, 1.807) is 19.1 Å². The van der Waals surface area contributed by atoms with Gasteiger partial charge in [-0.3, -0.25) is 14.9 Å². The highest BCUT2D eigenvalue weighted by molar-refractivity contribution is 5.74. The molecular formula is C12H12N2O4. The van der Waals surface area contributed by atoms with Gasteiger partial charge in [0.1, 0.15) is 6.54 Å². The zero-order chi connectivity index (χ0) is 13.7. The van der Waals surface area contributed by atoms with Crippen molar-refractivity contribution in [3.05, 3.63) is 33.9 Å². The molecule has 0 radical (unpaired) electrons. The molecule has 1 N–H and O–H groups in total. The molecule has 0 saturated heterocycles. The van der Waals surface area contributed by atoms with Gasteiger partial charge < -0.3 is 10.0 Å². The van der Waals surface area contributed by atoms with Crippen LogP contribution in [0.1, 0.15) is 5.56 Å². The number of aryl methyl sites for hydroxylation is 1. The van der Waals surface area contributed by atoms with Crippen LogP contribution in [0.25, 0.3) is 0 Å². The van der Waals surface area contributed by atoms with Crippen molar-refractivity contribution in [2.75, 3.05) is 18.0 Å². The summed E-state index contributed by atoms with van der Waals surface area (Å²) in [5.74, 6) is 1.28. The topological polar surface area (TPSA) is 83.7 Å². The molecule has 0 heterocycles. The van der Waals surface area contributed by atoms with E-state index < -0.39 is 10.9 Å². The van der Waals surface area contributed by atoms with Crippen LogP contribution in [0.2, 0.25) is 0 Å². The van der Waals surface area contributed by atoms with E-state index in [9.17, 15) is 14.9 Å². The van der Waals surface area contributed by atoms with Gasteiger partial charge in [0, 0.05) is 17.3 Å². The van der Waals surface area contributed by atoms with Gasteiger partial charge in [0.2, 0.25) is 0 Å². The van der Waals surface area contributed by atoms with Crippen LogP contribution in [0.5, 0.6) is 0 Å². The molecule has 1 rings (SSSR count). The molecule has 0 aliphatic heterocycles. The first-order valence-corrected chi connectivity index (χ1v) is 5.11. The molecule has 0 aromatic heterocycles. The van der Waals surface area contributed by atoms with Crippen LogP contribution in [0.15, 0.2) is 18.2 Å². The molecule has 0 spiro atoms. The molecule has 94 valence electrons. The zero-order valence-electron chi connectivity index (χ0n) is 9.79. The van der Waals surface area contributed by atoms with Gasteiger partial charge in [-0.1, -0.05) is 12.0 Å². The Morgan fingerprint density at radius 1 is 1.61 bits per heavy atom. The second kappa shape index (κ2) is 5.68. The van der Waals surface area contributed by atoms with E-state index in [4.69, 9.17) is 11.5 Å². The highest BCUT2D eigenvalue weighted by Crippen LogP contribution is 2.24. The zero-order valence-corrected chi connectivity index (χ0v) is 9.79. The molecule has 1 aromatic carbocycles. The summed E-state index contributed by atoms with van der Waals surface area (Å²) < 4.78 is 0. The third-order valence-corrected chi connectivity index (χ3v) is 2.36. The van der Waals surface area contributed by atoms with Gasteiger partial charge in [0.25, 0.3) is 5.69 Å². The van der Waals surface area contributed by atoms with Gasteiger partial charge in [0.05, 0.1) is 11.5 Å². The fourth-order valence-corrected chi connectivity index (χ4v) is 1.50. The van der Waals surface area contributed by atoms with E-state index >= 15 is 0 Å². The van der Waals surface area contributed by atoms with E-state index in [1.165, 1.54) is 11.0 Å². The van der Waals surface area contributed by atoms with Crippen molar-refractivity contribution in [1.82, 2.24) is 0 Å². The van der Waals surface area contributed by atoms with Crippen LogP contribution < -0.4 is 4.90 Å². The predicted octanol–water partition coefficient (Wildman–Crippen LogP) is 1.43. The molecule has 1 aromatic rings. The van der Waals surface area contributed by atoms with Gasteiger partial charge in [-0.25, -0.2) is 0 Å². The van der Waals surface area contributed by atoms with Gasteiger partial charge in [-0.05, 0) is 13.0 Å². The van der Waals surface area contributed by atoms with Gasteiger partial charge >= 0.3 is 5.97 Å². The molecule has 6 nitrogen and oxygen atoms in total. The number of hydrogen-bond donors (Lipinski definition) is 1. The number of carboxylic acid groups (broad SMARTS) is 1. The first kappa shape index (κ1) is 13.5. The highest BCUT2D eigenvalue weighted by Gasteiger charge is 2.15. The number of nitro groups is 1. The Balaban J connectivity index is 3.13. The third kappa shape index (κ3) is 3.22. The summed E-state index contributed by atoms with van der Waals surface area (Å²) in [7, 11) is 0. The molecule has 6 heteroatoms. The lowest BCUT2D eigenvalue weighted by Gasteiger charge is -2.20. The monoisotopic (exact) mass is 248 g/mol. The van der Waals surface area contributed by atoms with Crippen molar-refractivity contribution >= 4 is 17.3 Å². The molecule has 0 fully saturated rings. The van der Waals surface area contributed by atoms with Crippen molar-refractivity contribution in [2.24, 2.45) is 0 Å². The molecule has 0 saturated carbocycles. The summed E-state index contributed by atoms with van der Waals surface area (Å²) in [6.45, 7) is 1.39. The van der Waals surface area contributed by atoms with Gasteiger partial charge in [-0.15, -0.1) is 6.42 Å². The Morgan fingerprint density at radius 3 is 2.78 bits per heavy atom. The van der Waals surface area contributed by atoms with Crippen molar-refractivity contribution in [2.45, 2.75) is 6.92 Å². The molecule has 0 amide bonds. The summed E-state index contributed by atoms with van der Waals surface area (Å²) in [6.07, 6.45) is 5.15. The van der Waals surface area contributed by atoms with Crippen LogP contribution in [-0.2, 0) is 4.79 Å². The maximum Gasteiger partial charge on any atom is 0.323 e. The van der Waals surface area contributed by atoms with Crippen LogP contribution >= 0.6 is 0 Å². The van der Waals surface area contributed by atoms with Crippen molar-refractivity contribution < 1.29 is 14.8 Å². The lowest BCUT2D eigenvalue weighted by atomic mass is 10.1. The number of nitrogens with zero attached hydrogens (tertiary/aromatic N) is 2. The molecule has 0 aliphatic carbocycles. The van der Waals surface area contributed by atoms with Gasteiger partial charge in [-0.2, -0.15) is 0 Å². The molecular weight excluding hydrogens is 236 g/mol. The van der Waals surface area contributed by atoms with Crippen molar-refractivity contribution in [3.8, 4) is 12.3 Å². The lowest BCUT2D eigenvalue weighted by Crippen LogP contribution is -2.30. The number of carbonyl (C=O) groups is 1. The fraction of sp³-hybridized carbons (Fsp3) is 0.250. The summed E-state index contributed by atoms with van der Waals surface area (Å²) in [5.41, 5.74) is 0.882. The maximum atomic E-state index is 10.8. The predicted molar refractivity (Wildman–Crippen MR) is 66.5 cm³/mol. The Bertz CT molecular complexity index is 519. The number of anilines is 1. The van der Waals surface area contributed by atoms with Crippen molar-refractivity contribution in [1.29, 1.82) is 0 Å². The lowest BCUT2D eigenvalue weighted by molar-refractivity contribution is -0.385. The summed E-state index contributed by atoms with van der Waals surface area (Å²) in [5, 5.41) is 19.6. The average Bonchev–Trinajstić information content (AvgIpc) is 2.28. The minimum atomic E-state index is -1.05. The summed E-state index contributed by atoms with van der Waals surface area (Å²) in [6, 6.07) is 4.51. The number of terminal acetylenes is 1. The normalized spacial score (nSPS) is 9.56. The Kier molecular flexibility index (Phi) is 4.27. The molecule has 0 unspecified atom stereocenters. The molecule has 18 heavy (non-hydrogen) atoms. The molecule has 0 bridgehead atoms. The number of aliphatic carboxylic acids is 1. The fourth-order valence-electron chi connectivity index (χ4n) is 1.50. The van der Waals surface area contributed by atoms with E-state index in [-0.39, 0.29) is 18.8 Å². The van der Waals surface area contributed by atoms with Crippen LogP contribution in [-0.4, -0.2) is 29.1 Å². The number of carboxylic acids is 1. The standard InChI is InChI=1S/C12H12N2O4/c1-3-6-13(8-12(15)16)10-5-4-9(2)11(7-10)14(17)18/h1,4-5,7H,6,8H2,2H3,(H,15,16). The maximum absolute atomic E-state index is 10.8. The second-order valence-corrected chi connectivity index (χ2v) is 3.68. The van der Waals surface area contributed by atoms with Gasteiger partial charge in [0.15, 0.2) is 0 Å². The van der Waals surface area contributed by atoms with Crippen molar-refractivity contribution in [3.63, 3.8) is 0 Å². The van der Waals surface area contributed by atoms with Crippen LogP contribution in [0, 0.1) is 29.4 Å². The minimum Gasteiger partial charge on any atom is -0.480 e. The Labute approximate surface area is 104 Å². The van der Waals surface area contributed by atoms with E-state index in [1.807, 2.05) is 0 Å². The Morgan fingerprint density at radius 2 is 2.28 bits per heavy atom. The first-order chi connectivity index (χ1) is 8.45.